The Morgan fingerprint density at radius 2 is 2.04 bits per heavy atom. The van der Waals surface area contributed by atoms with Crippen molar-refractivity contribution in [1.29, 1.82) is 0 Å². The van der Waals surface area contributed by atoms with Crippen LogP contribution >= 0.6 is 0 Å². The highest BCUT2D eigenvalue weighted by atomic mass is 19.1. The summed E-state index contributed by atoms with van der Waals surface area (Å²) < 4.78 is 15.2. The minimum Gasteiger partial charge on any atom is -0.481 e. The van der Waals surface area contributed by atoms with Gasteiger partial charge in [-0.25, -0.2) is 9.07 Å². The van der Waals surface area contributed by atoms with Crippen LogP contribution in [-0.2, 0) is 4.79 Å². The van der Waals surface area contributed by atoms with Gasteiger partial charge in [0, 0.05) is 20.0 Å². The summed E-state index contributed by atoms with van der Waals surface area (Å²) in [6.45, 7) is 2.02. The molecule has 1 aromatic heterocycles. The van der Waals surface area contributed by atoms with Crippen LogP contribution in [0.5, 0.6) is 0 Å². The van der Waals surface area contributed by atoms with Gasteiger partial charge in [-0.1, -0.05) is 12.1 Å². The van der Waals surface area contributed by atoms with E-state index in [0.29, 0.717) is 24.2 Å². The third-order valence-corrected chi connectivity index (χ3v) is 3.55. The van der Waals surface area contributed by atoms with Gasteiger partial charge in [0.05, 0.1) is 17.5 Å². The van der Waals surface area contributed by atoms with Crippen LogP contribution in [0.25, 0.3) is 5.69 Å². The van der Waals surface area contributed by atoms with Gasteiger partial charge in [-0.2, -0.15) is 5.10 Å². The molecule has 2 aromatic rings. The normalized spacial score (nSPS) is 10.6. The molecule has 0 fully saturated rings. The van der Waals surface area contributed by atoms with Crippen molar-refractivity contribution in [3.05, 3.63) is 47.5 Å². The van der Waals surface area contributed by atoms with Crippen LogP contribution in [0.4, 0.5) is 4.39 Å². The number of hydrogen-bond acceptors (Lipinski definition) is 3. The molecule has 6 nitrogen and oxygen atoms in total. The molecule has 0 bridgehead atoms. The molecule has 122 valence electrons. The second-order valence-corrected chi connectivity index (χ2v) is 5.23. The molecule has 1 heterocycles. The summed E-state index contributed by atoms with van der Waals surface area (Å²) in [5, 5.41) is 12.7. The number of nitrogens with zero attached hydrogens (tertiary/aromatic N) is 3. The van der Waals surface area contributed by atoms with E-state index in [2.05, 4.69) is 5.10 Å². The number of carbonyl (C=O) groups is 2. The van der Waals surface area contributed by atoms with Crippen LogP contribution < -0.4 is 0 Å². The summed E-state index contributed by atoms with van der Waals surface area (Å²) in [5.74, 6) is -1.59. The molecule has 1 N–H and O–H groups in total. The van der Waals surface area contributed by atoms with Gasteiger partial charge in [-0.05, 0) is 25.5 Å². The molecule has 0 aliphatic carbocycles. The SMILES string of the molecule is Cc1c(C(=O)N(C)CCCC(=O)O)cnn1-c1ccccc1F. The lowest BCUT2D eigenvalue weighted by Crippen LogP contribution is -2.28. The first-order chi connectivity index (χ1) is 10.9. The Balaban J connectivity index is 2.17. The van der Waals surface area contributed by atoms with E-state index in [0.717, 1.165) is 0 Å². The topological polar surface area (TPSA) is 75.4 Å². The number of carbonyl (C=O) groups excluding carboxylic acids is 1. The summed E-state index contributed by atoms with van der Waals surface area (Å²) in [6, 6.07) is 6.19. The number of carboxylic acids is 1. The third-order valence-electron chi connectivity index (χ3n) is 3.55. The molecule has 0 saturated heterocycles. The molecule has 0 radical (unpaired) electrons. The van der Waals surface area contributed by atoms with E-state index < -0.39 is 11.8 Å². The minimum atomic E-state index is -0.894. The third kappa shape index (κ3) is 3.74. The van der Waals surface area contributed by atoms with Crippen LogP contribution in [-0.4, -0.2) is 45.3 Å². The predicted octanol–water partition coefficient (Wildman–Crippen LogP) is 2.26. The van der Waals surface area contributed by atoms with Gasteiger partial charge in [-0.3, -0.25) is 9.59 Å². The number of hydrogen-bond donors (Lipinski definition) is 1. The summed E-state index contributed by atoms with van der Waals surface area (Å²) in [7, 11) is 1.60. The van der Waals surface area contributed by atoms with Crippen molar-refractivity contribution in [2.75, 3.05) is 13.6 Å². The molecule has 23 heavy (non-hydrogen) atoms. The second kappa shape index (κ2) is 7.04. The molecule has 1 aromatic carbocycles. The lowest BCUT2D eigenvalue weighted by molar-refractivity contribution is -0.137. The van der Waals surface area contributed by atoms with Gasteiger partial charge in [0.15, 0.2) is 0 Å². The van der Waals surface area contributed by atoms with Crippen LogP contribution in [0.2, 0.25) is 0 Å². The molecule has 2 rings (SSSR count). The van der Waals surface area contributed by atoms with E-state index in [-0.39, 0.29) is 18.0 Å². The van der Waals surface area contributed by atoms with Crippen molar-refractivity contribution >= 4 is 11.9 Å². The van der Waals surface area contributed by atoms with Crippen LogP contribution in [0, 0.1) is 12.7 Å². The van der Waals surface area contributed by atoms with Gasteiger partial charge in [0.2, 0.25) is 0 Å². The minimum absolute atomic E-state index is 0.00505. The van der Waals surface area contributed by atoms with E-state index in [9.17, 15) is 14.0 Å². The van der Waals surface area contributed by atoms with Crippen molar-refractivity contribution in [2.24, 2.45) is 0 Å². The smallest absolute Gasteiger partial charge is 0.303 e. The van der Waals surface area contributed by atoms with E-state index in [4.69, 9.17) is 5.11 Å². The molecular formula is C16H18FN3O3. The van der Waals surface area contributed by atoms with E-state index in [1.165, 1.54) is 21.8 Å². The Kier molecular flexibility index (Phi) is 5.10. The van der Waals surface area contributed by atoms with Crippen LogP contribution in [0.1, 0.15) is 28.9 Å². The highest BCUT2D eigenvalue weighted by molar-refractivity contribution is 5.95. The average Bonchev–Trinajstić information content (AvgIpc) is 2.88. The predicted molar refractivity (Wildman–Crippen MR) is 82.1 cm³/mol. The maximum Gasteiger partial charge on any atom is 0.303 e. The Morgan fingerprint density at radius 3 is 2.70 bits per heavy atom. The average molecular weight is 319 g/mol. The monoisotopic (exact) mass is 319 g/mol. The number of amides is 1. The van der Waals surface area contributed by atoms with Crippen LogP contribution in [0.15, 0.2) is 30.5 Å². The Morgan fingerprint density at radius 1 is 1.35 bits per heavy atom. The Labute approximate surface area is 133 Å². The Hall–Kier alpha value is -2.70. The zero-order valence-corrected chi connectivity index (χ0v) is 13.0. The molecule has 0 aliphatic rings. The van der Waals surface area contributed by atoms with E-state index in [1.54, 1.807) is 32.2 Å². The molecular weight excluding hydrogens is 301 g/mol. The fourth-order valence-corrected chi connectivity index (χ4v) is 2.26. The highest BCUT2D eigenvalue weighted by Gasteiger charge is 2.19. The Bertz CT molecular complexity index is 727. The maximum atomic E-state index is 13.9. The van der Waals surface area contributed by atoms with Crippen molar-refractivity contribution < 1.29 is 19.1 Å². The number of benzene rings is 1. The summed E-state index contributed by atoms with van der Waals surface area (Å²) >= 11 is 0. The fourth-order valence-electron chi connectivity index (χ4n) is 2.26. The van der Waals surface area contributed by atoms with Gasteiger partial charge in [-0.15, -0.1) is 0 Å². The standard InChI is InChI=1S/C16H18FN3O3/c1-11-12(16(23)19(2)9-5-8-15(21)22)10-18-20(11)14-7-4-3-6-13(14)17/h3-4,6-7,10H,5,8-9H2,1-2H3,(H,21,22). The summed E-state index contributed by atoms with van der Waals surface area (Å²) in [5.41, 5.74) is 1.17. The van der Waals surface area contributed by atoms with Gasteiger partial charge >= 0.3 is 5.97 Å². The van der Waals surface area contributed by atoms with Gasteiger partial charge < -0.3 is 10.0 Å². The molecule has 0 spiro atoms. The second-order valence-electron chi connectivity index (χ2n) is 5.23. The molecule has 1 amide bonds. The number of aromatic nitrogens is 2. The number of aliphatic carboxylic acids is 1. The molecule has 0 atom stereocenters. The first-order valence-corrected chi connectivity index (χ1v) is 7.18. The molecule has 0 saturated carbocycles. The molecule has 0 unspecified atom stereocenters. The van der Waals surface area contributed by atoms with Crippen molar-refractivity contribution in [3.63, 3.8) is 0 Å². The number of halogens is 1. The van der Waals surface area contributed by atoms with E-state index >= 15 is 0 Å². The number of para-hydroxylation sites is 1. The zero-order valence-electron chi connectivity index (χ0n) is 13.0. The lowest BCUT2D eigenvalue weighted by atomic mass is 10.2. The molecule has 0 aliphatic heterocycles. The summed E-state index contributed by atoms with van der Waals surface area (Å²) in [6.07, 6.45) is 1.78. The number of rotatable bonds is 6. The first-order valence-electron chi connectivity index (χ1n) is 7.18. The van der Waals surface area contributed by atoms with E-state index in [1.807, 2.05) is 0 Å². The van der Waals surface area contributed by atoms with Crippen molar-refractivity contribution in [1.82, 2.24) is 14.7 Å². The van der Waals surface area contributed by atoms with Crippen molar-refractivity contribution in [2.45, 2.75) is 19.8 Å². The maximum absolute atomic E-state index is 13.9. The highest BCUT2D eigenvalue weighted by Crippen LogP contribution is 2.18. The first kappa shape index (κ1) is 16.7. The number of carboxylic acid groups (broad SMARTS) is 1. The quantitative estimate of drug-likeness (QED) is 0.886. The van der Waals surface area contributed by atoms with Crippen LogP contribution in [0.3, 0.4) is 0 Å². The van der Waals surface area contributed by atoms with Crippen molar-refractivity contribution in [3.8, 4) is 5.69 Å². The van der Waals surface area contributed by atoms with Gasteiger partial charge in [0.25, 0.3) is 5.91 Å². The fraction of sp³-hybridized carbons (Fsp3) is 0.312. The van der Waals surface area contributed by atoms with Gasteiger partial charge in [0.1, 0.15) is 11.5 Å². The largest absolute Gasteiger partial charge is 0.481 e. The zero-order chi connectivity index (χ0) is 17.0. The molecule has 7 heteroatoms. The summed E-state index contributed by atoms with van der Waals surface area (Å²) in [4.78, 5) is 24.4. The lowest BCUT2D eigenvalue weighted by Gasteiger charge is -2.16.